The van der Waals surface area contributed by atoms with Crippen molar-refractivity contribution < 1.29 is 4.74 Å². The van der Waals surface area contributed by atoms with Crippen LogP contribution in [0.5, 0.6) is 5.75 Å². The topological polar surface area (TPSA) is 21.3 Å². The molecule has 1 atom stereocenters. The summed E-state index contributed by atoms with van der Waals surface area (Å²) in [6, 6.07) is 18.9. The van der Waals surface area contributed by atoms with Crippen LogP contribution in [-0.2, 0) is 6.54 Å². The van der Waals surface area contributed by atoms with Crippen LogP contribution in [0.25, 0.3) is 0 Å². The molecule has 0 saturated carbocycles. The molecule has 0 fully saturated rings. The van der Waals surface area contributed by atoms with Crippen molar-refractivity contribution >= 4 is 0 Å². The quantitative estimate of drug-likeness (QED) is 0.762. The van der Waals surface area contributed by atoms with E-state index in [0.717, 1.165) is 12.3 Å². The van der Waals surface area contributed by atoms with Crippen molar-refractivity contribution in [3.8, 4) is 5.75 Å². The highest BCUT2D eigenvalue weighted by atomic mass is 16.5. The minimum absolute atomic E-state index is 0.328. The summed E-state index contributed by atoms with van der Waals surface area (Å²) in [5.41, 5.74) is 2.51. The molecule has 20 heavy (non-hydrogen) atoms. The Kier molecular flexibility index (Phi) is 5.39. The van der Waals surface area contributed by atoms with Crippen LogP contribution in [0.2, 0.25) is 0 Å². The fourth-order valence-electron chi connectivity index (χ4n) is 2.03. The maximum absolute atomic E-state index is 5.54. The summed E-state index contributed by atoms with van der Waals surface area (Å²) < 4.78 is 5.54. The standard InChI is InChI=1S/C18H21NO/c1-3-12-20-18-11-7-8-16(13-18)14-19-15(2)17-9-5-4-6-10-17/h3-11,13,15,19H,1,12,14H2,2H3. The Labute approximate surface area is 121 Å². The molecular formula is C18H21NO. The molecule has 2 heteroatoms. The highest BCUT2D eigenvalue weighted by molar-refractivity contribution is 5.29. The summed E-state index contributed by atoms with van der Waals surface area (Å²) >= 11 is 0. The molecule has 0 saturated heterocycles. The third kappa shape index (κ3) is 4.25. The molecule has 0 aliphatic carbocycles. The zero-order valence-corrected chi connectivity index (χ0v) is 11.9. The summed E-state index contributed by atoms with van der Waals surface area (Å²) in [6.07, 6.45) is 1.75. The van der Waals surface area contributed by atoms with Crippen LogP contribution >= 0.6 is 0 Å². The Balaban J connectivity index is 1.92. The average molecular weight is 267 g/mol. The predicted octanol–water partition coefficient (Wildman–Crippen LogP) is 4.10. The molecule has 1 N–H and O–H groups in total. The maximum Gasteiger partial charge on any atom is 0.120 e. The third-order valence-electron chi connectivity index (χ3n) is 3.18. The van der Waals surface area contributed by atoms with Crippen molar-refractivity contribution in [3.63, 3.8) is 0 Å². The van der Waals surface area contributed by atoms with E-state index in [-0.39, 0.29) is 0 Å². The van der Waals surface area contributed by atoms with E-state index in [0.29, 0.717) is 12.6 Å². The van der Waals surface area contributed by atoms with E-state index in [4.69, 9.17) is 4.74 Å². The molecule has 0 radical (unpaired) electrons. The van der Waals surface area contributed by atoms with Gasteiger partial charge < -0.3 is 10.1 Å². The van der Waals surface area contributed by atoms with E-state index in [1.54, 1.807) is 6.08 Å². The van der Waals surface area contributed by atoms with Crippen molar-refractivity contribution in [2.45, 2.75) is 19.5 Å². The van der Waals surface area contributed by atoms with E-state index in [9.17, 15) is 0 Å². The number of hydrogen-bond donors (Lipinski definition) is 1. The van der Waals surface area contributed by atoms with Gasteiger partial charge in [-0.1, -0.05) is 55.1 Å². The second kappa shape index (κ2) is 7.51. The van der Waals surface area contributed by atoms with Crippen LogP contribution in [0, 0.1) is 0 Å². The molecule has 0 heterocycles. The zero-order valence-electron chi connectivity index (χ0n) is 11.9. The largest absolute Gasteiger partial charge is 0.490 e. The first kappa shape index (κ1) is 14.4. The monoisotopic (exact) mass is 267 g/mol. The van der Waals surface area contributed by atoms with Gasteiger partial charge in [0.25, 0.3) is 0 Å². The molecule has 0 aliphatic rings. The van der Waals surface area contributed by atoms with Gasteiger partial charge in [0, 0.05) is 12.6 Å². The van der Waals surface area contributed by atoms with E-state index >= 15 is 0 Å². The van der Waals surface area contributed by atoms with Crippen LogP contribution in [-0.4, -0.2) is 6.61 Å². The third-order valence-corrected chi connectivity index (χ3v) is 3.18. The minimum atomic E-state index is 0.328. The van der Waals surface area contributed by atoms with Gasteiger partial charge in [0.2, 0.25) is 0 Å². The van der Waals surface area contributed by atoms with Gasteiger partial charge in [-0.05, 0) is 30.2 Å². The second-order valence-electron chi connectivity index (χ2n) is 4.76. The van der Waals surface area contributed by atoms with Crippen LogP contribution in [0.4, 0.5) is 0 Å². The van der Waals surface area contributed by atoms with E-state index in [2.05, 4.69) is 55.2 Å². The summed E-state index contributed by atoms with van der Waals surface area (Å²) in [5.74, 6) is 0.886. The molecule has 2 aromatic carbocycles. The van der Waals surface area contributed by atoms with Crippen LogP contribution < -0.4 is 10.1 Å². The van der Waals surface area contributed by atoms with Gasteiger partial charge in [-0.15, -0.1) is 0 Å². The van der Waals surface area contributed by atoms with Crippen LogP contribution in [0.1, 0.15) is 24.1 Å². The lowest BCUT2D eigenvalue weighted by atomic mass is 10.1. The van der Waals surface area contributed by atoms with Gasteiger partial charge in [0.05, 0.1) is 0 Å². The first-order chi connectivity index (χ1) is 9.79. The molecule has 0 spiro atoms. The summed E-state index contributed by atoms with van der Waals surface area (Å²) in [5, 5.41) is 3.52. The first-order valence-electron chi connectivity index (χ1n) is 6.90. The minimum Gasteiger partial charge on any atom is -0.490 e. The molecule has 2 aromatic rings. The summed E-state index contributed by atoms with van der Waals surface area (Å²) in [4.78, 5) is 0. The summed E-state index contributed by atoms with van der Waals surface area (Å²) in [6.45, 7) is 7.19. The molecule has 0 aliphatic heterocycles. The number of rotatable bonds is 7. The molecule has 0 aromatic heterocycles. The Morgan fingerprint density at radius 2 is 1.95 bits per heavy atom. The lowest BCUT2D eigenvalue weighted by Crippen LogP contribution is -2.17. The van der Waals surface area contributed by atoms with Gasteiger partial charge in [-0.25, -0.2) is 0 Å². The van der Waals surface area contributed by atoms with Crippen LogP contribution in [0.15, 0.2) is 67.3 Å². The molecule has 1 unspecified atom stereocenters. The lowest BCUT2D eigenvalue weighted by Gasteiger charge is -2.14. The van der Waals surface area contributed by atoms with Crippen molar-refractivity contribution in [2.24, 2.45) is 0 Å². The molecule has 0 amide bonds. The highest BCUT2D eigenvalue weighted by Gasteiger charge is 2.04. The second-order valence-corrected chi connectivity index (χ2v) is 4.76. The van der Waals surface area contributed by atoms with Gasteiger partial charge in [0.1, 0.15) is 12.4 Å². The Morgan fingerprint density at radius 3 is 2.70 bits per heavy atom. The molecule has 0 bridgehead atoms. The van der Waals surface area contributed by atoms with E-state index in [1.807, 2.05) is 18.2 Å². The smallest absolute Gasteiger partial charge is 0.120 e. The molecule has 2 rings (SSSR count). The normalized spacial score (nSPS) is 11.8. The van der Waals surface area contributed by atoms with Crippen molar-refractivity contribution in [2.75, 3.05) is 6.61 Å². The molecule has 104 valence electrons. The maximum atomic E-state index is 5.54. The lowest BCUT2D eigenvalue weighted by molar-refractivity contribution is 0.362. The van der Waals surface area contributed by atoms with E-state index < -0.39 is 0 Å². The Morgan fingerprint density at radius 1 is 1.15 bits per heavy atom. The average Bonchev–Trinajstić information content (AvgIpc) is 2.52. The van der Waals surface area contributed by atoms with Crippen molar-refractivity contribution in [3.05, 3.63) is 78.4 Å². The van der Waals surface area contributed by atoms with Gasteiger partial charge in [0.15, 0.2) is 0 Å². The number of hydrogen-bond acceptors (Lipinski definition) is 2. The number of nitrogens with one attached hydrogen (secondary N) is 1. The first-order valence-corrected chi connectivity index (χ1v) is 6.90. The van der Waals surface area contributed by atoms with Crippen molar-refractivity contribution in [1.29, 1.82) is 0 Å². The van der Waals surface area contributed by atoms with Gasteiger partial charge >= 0.3 is 0 Å². The predicted molar refractivity (Wildman–Crippen MR) is 83.8 cm³/mol. The molecular weight excluding hydrogens is 246 g/mol. The number of ether oxygens (including phenoxy) is 1. The summed E-state index contributed by atoms with van der Waals surface area (Å²) in [7, 11) is 0. The zero-order chi connectivity index (χ0) is 14.2. The Hall–Kier alpha value is -2.06. The number of benzene rings is 2. The fraction of sp³-hybridized carbons (Fsp3) is 0.222. The SMILES string of the molecule is C=CCOc1cccc(CNC(C)c2ccccc2)c1. The molecule has 2 nitrogen and oxygen atoms in total. The van der Waals surface area contributed by atoms with E-state index in [1.165, 1.54) is 11.1 Å². The fourth-order valence-corrected chi connectivity index (χ4v) is 2.03. The highest BCUT2D eigenvalue weighted by Crippen LogP contribution is 2.16. The van der Waals surface area contributed by atoms with Gasteiger partial charge in [-0.3, -0.25) is 0 Å². The Bertz CT molecular complexity index is 536. The van der Waals surface area contributed by atoms with Crippen LogP contribution in [0.3, 0.4) is 0 Å². The van der Waals surface area contributed by atoms with Gasteiger partial charge in [-0.2, -0.15) is 0 Å². The van der Waals surface area contributed by atoms with Crippen molar-refractivity contribution in [1.82, 2.24) is 5.32 Å².